The number of hydrogen-bond donors (Lipinski definition) is 1. The van der Waals surface area contributed by atoms with Crippen molar-refractivity contribution in [3.8, 4) is 0 Å². The Bertz CT molecular complexity index is 802. The van der Waals surface area contributed by atoms with Crippen molar-refractivity contribution in [1.82, 2.24) is 14.9 Å². The topological polar surface area (TPSA) is 83.7 Å². The van der Waals surface area contributed by atoms with Crippen molar-refractivity contribution in [2.75, 3.05) is 43.0 Å². The van der Waals surface area contributed by atoms with E-state index in [9.17, 15) is 4.79 Å². The maximum absolute atomic E-state index is 12.4. The van der Waals surface area contributed by atoms with Gasteiger partial charge in [0.25, 0.3) is 5.91 Å². The summed E-state index contributed by atoms with van der Waals surface area (Å²) in [4.78, 5) is 25.5. The van der Waals surface area contributed by atoms with Crippen molar-refractivity contribution in [2.24, 2.45) is 5.92 Å². The minimum absolute atomic E-state index is 0.0667. The highest BCUT2D eigenvalue weighted by Gasteiger charge is 2.29. The molecule has 0 bridgehead atoms. The van der Waals surface area contributed by atoms with Gasteiger partial charge in [-0.2, -0.15) is 4.98 Å². The summed E-state index contributed by atoms with van der Waals surface area (Å²) >= 11 is 0. The molecule has 156 valence electrons. The Labute approximate surface area is 171 Å². The van der Waals surface area contributed by atoms with E-state index in [0.29, 0.717) is 43.8 Å². The molecule has 8 nitrogen and oxygen atoms in total. The van der Waals surface area contributed by atoms with Crippen LogP contribution < -0.4 is 10.2 Å². The maximum Gasteiger partial charge on any atom is 0.289 e. The smallest absolute Gasteiger partial charge is 0.289 e. The number of carbonyl (C=O) groups excluding carboxylic acids is 1. The first-order chi connectivity index (χ1) is 14.1. The van der Waals surface area contributed by atoms with Crippen LogP contribution in [-0.2, 0) is 4.74 Å². The number of ether oxygens (including phenoxy) is 1. The van der Waals surface area contributed by atoms with Crippen molar-refractivity contribution >= 4 is 17.7 Å². The Morgan fingerprint density at radius 1 is 1.24 bits per heavy atom. The molecule has 0 radical (unpaired) electrons. The van der Waals surface area contributed by atoms with Gasteiger partial charge in [-0.05, 0) is 37.0 Å². The van der Waals surface area contributed by atoms with E-state index in [2.05, 4.69) is 29.0 Å². The first-order valence-electron chi connectivity index (χ1n) is 10.4. The van der Waals surface area contributed by atoms with Gasteiger partial charge in [0, 0.05) is 39.0 Å². The fraction of sp³-hybridized carbons (Fsp3) is 0.571. The highest BCUT2D eigenvalue weighted by molar-refractivity contribution is 5.91. The molecule has 0 saturated carbocycles. The molecular formula is C21H29N5O3. The van der Waals surface area contributed by atoms with Gasteiger partial charge in [-0.25, -0.2) is 4.98 Å². The van der Waals surface area contributed by atoms with E-state index >= 15 is 0 Å². The van der Waals surface area contributed by atoms with E-state index in [1.807, 2.05) is 11.0 Å². The zero-order valence-electron chi connectivity index (χ0n) is 17.1. The monoisotopic (exact) mass is 399 g/mol. The first kappa shape index (κ1) is 19.7. The number of piperazine rings is 1. The highest BCUT2D eigenvalue weighted by atomic mass is 16.5. The zero-order chi connectivity index (χ0) is 20.2. The van der Waals surface area contributed by atoms with Crippen molar-refractivity contribution in [3.05, 3.63) is 36.4 Å². The Kier molecular flexibility index (Phi) is 5.99. The third-order valence-corrected chi connectivity index (χ3v) is 5.58. The van der Waals surface area contributed by atoms with E-state index in [4.69, 9.17) is 14.1 Å². The van der Waals surface area contributed by atoms with E-state index < -0.39 is 0 Å². The second kappa shape index (κ2) is 8.82. The summed E-state index contributed by atoms with van der Waals surface area (Å²) < 4.78 is 11.2. The van der Waals surface area contributed by atoms with Crippen LogP contribution in [-0.4, -0.2) is 65.7 Å². The van der Waals surface area contributed by atoms with Crippen molar-refractivity contribution in [1.29, 1.82) is 0 Å². The molecule has 8 heteroatoms. The number of aromatic nitrogens is 2. The number of nitrogens with zero attached hydrogens (tertiary/aromatic N) is 4. The maximum atomic E-state index is 12.4. The number of amides is 1. The van der Waals surface area contributed by atoms with Crippen LogP contribution in [0.3, 0.4) is 0 Å². The van der Waals surface area contributed by atoms with E-state index in [-0.39, 0.29) is 18.1 Å². The van der Waals surface area contributed by atoms with Gasteiger partial charge in [-0.3, -0.25) is 4.79 Å². The van der Waals surface area contributed by atoms with Gasteiger partial charge in [0.15, 0.2) is 5.76 Å². The Hall–Kier alpha value is -2.61. The predicted molar refractivity (Wildman–Crippen MR) is 110 cm³/mol. The lowest BCUT2D eigenvalue weighted by Gasteiger charge is -2.36. The quantitative estimate of drug-likeness (QED) is 0.827. The summed E-state index contributed by atoms with van der Waals surface area (Å²) in [6.45, 7) is 7.84. The molecule has 4 rings (SSSR count). The van der Waals surface area contributed by atoms with Crippen LogP contribution in [0.5, 0.6) is 0 Å². The second-order valence-corrected chi connectivity index (χ2v) is 7.97. The molecule has 2 atom stereocenters. The molecule has 2 aliphatic rings. The van der Waals surface area contributed by atoms with Gasteiger partial charge in [0.1, 0.15) is 5.82 Å². The average molecular weight is 399 g/mol. The normalized spacial score (nSPS) is 22.7. The van der Waals surface area contributed by atoms with E-state index in [0.717, 1.165) is 25.3 Å². The molecule has 2 aromatic heterocycles. The fourth-order valence-corrected chi connectivity index (χ4v) is 4.05. The summed E-state index contributed by atoms with van der Waals surface area (Å²) in [7, 11) is 0. The van der Waals surface area contributed by atoms with Crippen molar-refractivity contribution in [3.63, 3.8) is 0 Å². The van der Waals surface area contributed by atoms with E-state index in [1.54, 1.807) is 18.3 Å². The van der Waals surface area contributed by atoms with Gasteiger partial charge in [0.2, 0.25) is 5.95 Å². The summed E-state index contributed by atoms with van der Waals surface area (Å²) in [5.41, 5.74) is 0. The zero-order valence-corrected chi connectivity index (χ0v) is 17.1. The summed E-state index contributed by atoms with van der Waals surface area (Å²) in [5, 5.41) is 3.56. The molecule has 2 fully saturated rings. The molecule has 0 unspecified atom stereocenters. The lowest BCUT2D eigenvalue weighted by Crippen LogP contribution is -2.49. The third kappa shape index (κ3) is 4.53. The minimum atomic E-state index is -0.0667. The molecule has 2 saturated heterocycles. The molecular weight excluding hydrogens is 370 g/mol. The number of hydrogen-bond acceptors (Lipinski definition) is 7. The van der Waals surface area contributed by atoms with Crippen LogP contribution in [0.2, 0.25) is 0 Å². The van der Waals surface area contributed by atoms with Crippen LogP contribution >= 0.6 is 0 Å². The van der Waals surface area contributed by atoms with E-state index in [1.165, 1.54) is 6.26 Å². The number of anilines is 2. The van der Waals surface area contributed by atoms with Crippen LogP contribution in [0.4, 0.5) is 11.8 Å². The standard InChI is InChI=1S/C21H29N5O3/c1-15(2)19-16(5-3-14-29-19)23-18-7-8-22-21(24-18)26-11-9-25(10-12-26)20(27)17-6-4-13-28-17/h4,6-8,13,15-16,19H,3,5,9-12,14H2,1-2H3,(H,22,23,24)/t16-,19+/m1/s1. The lowest BCUT2D eigenvalue weighted by molar-refractivity contribution is -0.0203. The minimum Gasteiger partial charge on any atom is -0.459 e. The first-order valence-corrected chi connectivity index (χ1v) is 10.4. The molecule has 0 spiro atoms. The van der Waals surface area contributed by atoms with Crippen LogP contribution in [0, 0.1) is 5.92 Å². The summed E-state index contributed by atoms with van der Waals surface area (Å²) in [6, 6.07) is 5.60. The van der Waals surface area contributed by atoms with Gasteiger partial charge < -0.3 is 24.3 Å². The number of carbonyl (C=O) groups is 1. The largest absolute Gasteiger partial charge is 0.459 e. The van der Waals surface area contributed by atoms with Gasteiger partial charge in [0.05, 0.1) is 18.4 Å². The highest BCUT2D eigenvalue weighted by Crippen LogP contribution is 2.24. The number of rotatable bonds is 5. The van der Waals surface area contributed by atoms with Crippen molar-refractivity contribution in [2.45, 2.75) is 38.8 Å². The molecule has 29 heavy (non-hydrogen) atoms. The molecule has 2 aromatic rings. The SMILES string of the molecule is CC(C)[C@@H]1OCCC[C@H]1Nc1ccnc(N2CCN(C(=O)c3ccco3)CC2)n1. The predicted octanol–water partition coefficient (Wildman–Crippen LogP) is 2.65. The summed E-state index contributed by atoms with van der Waals surface area (Å²) in [5.74, 6) is 2.29. The molecule has 4 heterocycles. The Morgan fingerprint density at radius 3 is 2.79 bits per heavy atom. The fourth-order valence-electron chi connectivity index (χ4n) is 4.05. The lowest BCUT2D eigenvalue weighted by atomic mass is 9.94. The Balaban J connectivity index is 1.37. The van der Waals surface area contributed by atoms with Crippen LogP contribution in [0.1, 0.15) is 37.2 Å². The van der Waals surface area contributed by atoms with Crippen molar-refractivity contribution < 1.29 is 13.9 Å². The molecule has 2 aliphatic heterocycles. The van der Waals surface area contributed by atoms with Gasteiger partial charge >= 0.3 is 0 Å². The summed E-state index contributed by atoms with van der Waals surface area (Å²) in [6.07, 6.45) is 5.65. The molecule has 1 N–H and O–H groups in total. The number of furan rings is 1. The number of nitrogens with one attached hydrogen (secondary N) is 1. The Morgan fingerprint density at radius 2 is 2.07 bits per heavy atom. The third-order valence-electron chi connectivity index (χ3n) is 5.58. The molecule has 0 aromatic carbocycles. The molecule has 1 amide bonds. The van der Waals surface area contributed by atoms with Crippen LogP contribution in [0.15, 0.2) is 35.1 Å². The van der Waals surface area contributed by atoms with Crippen LogP contribution in [0.25, 0.3) is 0 Å². The molecule has 0 aliphatic carbocycles. The second-order valence-electron chi connectivity index (χ2n) is 7.97. The average Bonchev–Trinajstić information content (AvgIpc) is 3.29. The van der Waals surface area contributed by atoms with Gasteiger partial charge in [-0.1, -0.05) is 13.8 Å². The van der Waals surface area contributed by atoms with Gasteiger partial charge in [-0.15, -0.1) is 0 Å².